The standard InChI is InChI=1S/C15H27N7O/c1-16-15(18-10-13-19-11-20-22(13)2)17-9-8-14(23)21-12-6-4-3-5-7-12/h11-12H,3-10H2,1-2H3,(H,21,23)(H2,16,17,18). The van der Waals surface area contributed by atoms with Crippen molar-refractivity contribution in [1.82, 2.24) is 30.7 Å². The van der Waals surface area contributed by atoms with E-state index in [4.69, 9.17) is 0 Å². The molecule has 8 heteroatoms. The van der Waals surface area contributed by atoms with E-state index in [-0.39, 0.29) is 5.91 Å². The second kappa shape index (κ2) is 9.12. The summed E-state index contributed by atoms with van der Waals surface area (Å²) in [6.07, 6.45) is 7.93. The second-order valence-corrected chi connectivity index (χ2v) is 5.80. The van der Waals surface area contributed by atoms with Crippen molar-refractivity contribution in [2.24, 2.45) is 12.0 Å². The molecule has 1 aromatic heterocycles. The van der Waals surface area contributed by atoms with Crippen molar-refractivity contribution in [2.75, 3.05) is 13.6 Å². The number of hydrogen-bond donors (Lipinski definition) is 3. The summed E-state index contributed by atoms with van der Waals surface area (Å²) in [6.45, 7) is 1.08. The fraction of sp³-hybridized carbons (Fsp3) is 0.733. The molecule has 2 rings (SSSR count). The Labute approximate surface area is 137 Å². The normalized spacial score (nSPS) is 16.2. The minimum absolute atomic E-state index is 0.105. The van der Waals surface area contributed by atoms with Gasteiger partial charge in [0.15, 0.2) is 5.96 Å². The summed E-state index contributed by atoms with van der Waals surface area (Å²) in [5, 5.41) is 13.4. The van der Waals surface area contributed by atoms with E-state index in [0.717, 1.165) is 18.7 Å². The summed E-state index contributed by atoms with van der Waals surface area (Å²) >= 11 is 0. The number of nitrogens with zero attached hydrogens (tertiary/aromatic N) is 4. The van der Waals surface area contributed by atoms with Crippen LogP contribution in [0.5, 0.6) is 0 Å². The van der Waals surface area contributed by atoms with Crippen molar-refractivity contribution in [3.8, 4) is 0 Å². The third-order valence-corrected chi connectivity index (χ3v) is 4.06. The van der Waals surface area contributed by atoms with Gasteiger partial charge in [-0.25, -0.2) is 4.98 Å². The van der Waals surface area contributed by atoms with Gasteiger partial charge in [-0.1, -0.05) is 19.3 Å². The Morgan fingerprint density at radius 3 is 2.78 bits per heavy atom. The van der Waals surface area contributed by atoms with Crippen LogP contribution < -0.4 is 16.0 Å². The van der Waals surface area contributed by atoms with Crippen molar-refractivity contribution in [3.63, 3.8) is 0 Å². The fourth-order valence-electron chi connectivity index (χ4n) is 2.70. The summed E-state index contributed by atoms with van der Waals surface area (Å²) in [7, 11) is 3.55. The number of aromatic nitrogens is 3. The van der Waals surface area contributed by atoms with Crippen LogP contribution in [0.3, 0.4) is 0 Å². The first-order valence-corrected chi connectivity index (χ1v) is 8.26. The average molecular weight is 321 g/mol. The average Bonchev–Trinajstić information content (AvgIpc) is 2.97. The zero-order chi connectivity index (χ0) is 16.5. The Balaban J connectivity index is 1.63. The van der Waals surface area contributed by atoms with Gasteiger partial charge in [0, 0.05) is 33.1 Å². The van der Waals surface area contributed by atoms with E-state index in [1.807, 2.05) is 7.05 Å². The molecule has 1 aliphatic carbocycles. The zero-order valence-electron chi connectivity index (χ0n) is 14.0. The van der Waals surface area contributed by atoms with E-state index >= 15 is 0 Å². The van der Waals surface area contributed by atoms with Gasteiger partial charge < -0.3 is 16.0 Å². The van der Waals surface area contributed by atoms with E-state index in [0.29, 0.717) is 31.5 Å². The summed E-state index contributed by atoms with van der Waals surface area (Å²) < 4.78 is 1.71. The van der Waals surface area contributed by atoms with Gasteiger partial charge in [0.1, 0.15) is 12.2 Å². The number of amides is 1. The topological polar surface area (TPSA) is 96.2 Å². The van der Waals surface area contributed by atoms with Crippen LogP contribution in [-0.2, 0) is 18.4 Å². The minimum atomic E-state index is 0.105. The Morgan fingerprint density at radius 1 is 1.35 bits per heavy atom. The lowest BCUT2D eigenvalue weighted by atomic mass is 9.95. The number of aryl methyl sites for hydroxylation is 1. The molecule has 0 aromatic carbocycles. The molecule has 0 radical (unpaired) electrons. The number of hydrogen-bond acceptors (Lipinski definition) is 4. The van der Waals surface area contributed by atoms with E-state index in [1.54, 1.807) is 11.7 Å². The van der Waals surface area contributed by atoms with Crippen LogP contribution in [0.1, 0.15) is 44.3 Å². The molecule has 1 aliphatic rings. The highest BCUT2D eigenvalue weighted by Gasteiger charge is 2.15. The molecule has 0 atom stereocenters. The lowest BCUT2D eigenvalue weighted by Gasteiger charge is -2.22. The Bertz CT molecular complexity index is 520. The Morgan fingerprint density at radius 2 is 2.13 bits per heavy atom. The molecular formula is C15H27N7O. The molecule has 1 aromatic rings. The molecule has 0 bridgehead atoms. The van der Waals surface area contributed by atoms with Gasteiger partial charge >= 0.3 is 0 Å². The highest BCUT2D eigenvalue weighted by atomic mass is 16.1. The van der Waals surface area contributed by atoms with Gasteiger partial charge in [-0.05, 0) is 12.8 Å². The van der Waals surface area contributed by atoms with Gasteiger partial charge in [-0.3, -0.25) is 14.5 Å². The van der Waals surface area contributed by atoms with Crippen molar-refractivity contribution in [2.45, 2.75) is 51.1 Å². The van der Waals surface area contributed by atoms with Crippen LogP contribution in [0.15, 0.2) is 11.3 Å². The summed E-state index contributed by atoms with van der Waals surface area (Å²) in [5.41, 5.74) is 0. The van der Waals surface area contributed by atoms with E-state index < -0.39 is 0 Å². The molecule has 0 unspecified atom stereocenters. The maximum absolute atomic E-state index is 11.9. The number of guanidine groups is 1. The molecule has 1 heterocycles. The number of carbonyl (C=O) groups is 1. The van der Waals surface area contributed by atoms with Crippen LogP contribution in [-0.4, -0.2) is 46.3 Å². The lowest BCUT2D eigenvalue weighted by molar-refractivity contribution is -0.121. The van der Waals surface area contributed by atoms with Gasteiger partial charge in [0.05, 0.1) is 6.54 Å². The Hall–Kier alpha value is -2.12. The van der Waals surface area contributed by atoms with Crippen molar-refractivity contribution in [1.29, 1.82) is 0 Å². The largest absolute Gasteiger partial charge is 0.356 e. The highest BCUT2D eigenvalue weighted by Crippen LogP contribution is 2.17. The predicted octanol–water partition coefficient (Wildman–Crippen LogP) is 0.319. The lowest BCUT2D eigenvalue weighted by Crippen LogP contribution is -2.41. The van der Waals surface area contributed by atoms with E-state index in [2.05, 4.69) is 31.0 Å². The van der Waals surface area contributed by atoms with Crippen molar-refractivity contribution in [3.05, 3.63) is 12.2 Å². The van der Waals surface area contributed by atoms with Gasteiger partial charge in [0.25, 0.3) is 0 Å². The van der Waals surface area contributed by atoms with Gasteiger partial charge in [-0.2, -0.15) is 5.10 Å². The van der Waals surface area contributed by atoms with Crippen LogP contribution in [0.2, 0.25) is 0 Å². The third kappa shape index (κ3) is 5.88. The third-order valence-electron chi connectivity index (χ3n) is 4.06. The zero-order valence-corrected chi connectivity index (χ0v) is 14.0. The molecular weight excluding hydrogens is 294 g/mol. The number of nitrogens with one attached hydrogen (secondary N) is 3. The quantitative estimate of drug-likeness (QED) is 0.518. The maximum atomic E-state index is 11.9. The molecule has 3 N–H and O–H groups in total. The monoisotopic (exact) mass is 321 g/mol. The second-order valence-electron chi connectivity index (χ2n) is 5.80. The van der Waals surface area contributed by atoms with Gasteiger partial charge in [-0.15, -0.1) is 0 Å². The molecule has 8 nitrogen and oxygen atoms in total. The molecule has 1 amide bonds. The predicted molar refractivity (Wildman–Crippen MR) is 88.8 cm³/mol. The van der Waals surface area contributed by atoms with Crippen molar-refractivity contribution < 1.29 is 4.79 Å². The first-order chi connectivity index (χ1) is 11.2. The van der Waals surface area contributed by atoms with Crippen LogP contribution >= 0.6 is 0 Å². The molecule has 128 valence electrons. The molecule has 0 saturated heterocycles. The maximum Gasteiger partial charge on any atom is 0.221 e. The fourth-order valence-corrected chi connectivity index (χ4v) is 2.70. The summed E-state index contributed by atoms with van der Waals surface area (Å²) in [5.74, 6) is 1.58. The molecule has 1 fully saturated rings. The molecule has 0 spiro atoms. The first kappa shape index (κ1) is 17.2. The molecule has 1 saturated carbocycles. The summed E-state index contributed by atoms with van der Waals surface area (Å²) in [6, 6.07) is 0.365. The summed E-state index contributed by atoms with van der Waals surface area (Å²) in [4.78, 5) is 20.2. The number of rotatable bonds is 6. The first-order valence-electron chi connectivity index (χ1n) is 8.26. The minimum Gasteiger partial charge on any atom is -0.356 e. The molecule has 0 aliphatic heterocycles. The van der Waals surface area contributed by atoms with E-state index in [1.165, 1.54) is 25.6 Å². The van der Waals surface area contributed by atoms with Crippen molar-refractivity contribution >= 4 is 11.9 Å². The Kier molecular flexibility index (Phi) is 6.83. The SMILES string of the molecule is CN=C(NCCC(=O)NC1CCCCC1)NCc1ncnn1C. The molecule has 23 heavy (non-hydrogen) atoms. The van der Waals surface area contributed by atoms with Crippen LogP contribution in [0.25, 0.3) is 0 Å². The van der Waals surface area contributed by atoms with Crippen LogP contribution in [0, 0.1) is 0 Å². The highest BCUT2D eigenvalue weighted by molar-refractivity contribution is 5.81. The van der Waals surface area contributed by atoms with Gasteiger partial charge in [0.2, 0.25) is 5.91 Å². The van der Waals surface area contributed by atoms with E-state index in [9.17, 15) is 4.79 Å². The smallest absolute Gasteiger partial charge is 0.221 e. The number of aliphatic imine (C=N–C) groups is 1. The van der Waals surface area contributed by atoms with Crippen LogP contribution in [0.4, 0.5) is 0 Å². The number of carbonyl (C=O) groups excluding carboxylic acids is 1.